The third kappa shape index (κ3) is 4.85. The van der Waals surface area contributed by atoms with E-state index in [1.165, 1.54) is 17.3 Å². The maximum absolute atomic E-state index is 4.32. The normalized spacial score (nSPS) is 27.0. The second kappa shape index (κ2) is 7.16. The molecule has 0 N–H and O–H groups in total. The molecule has 0 radical (unpaired) electrons. The molecule has 0 aromatic rings. The summed E-state index contributed by atoms with van der Waals surface area (Å²) in [5.41, 5.74) is 0. The molecule has 0 spiro atoms. The zero-order valence-corrected chi connectivity index (χ0v) is 13.0. The van der Waals surface area contributed by atoms with Crippen LogP contribution in [0.3, 0.4) is 0 Å². The number of rotatable bonds is 1. The molecule has 1 fully saturated rings. The first-order valence-corrected chi connectivity index (χ1v) is 4.65. The molecular formula is C6H11INRb. The van der Waals surface area contributed by atoms with Crippen LogP contribution in [-0.4, -0.2) is 17.5 Å². The van der Waals surface area contributed by atoms with E-state index in [1.807, 2.05) is 0 Å². The third-order valence-corrected chi connectivity index (χ3v) is 2.78. The molecule has 0 saturated carbocycles. The molecule has 0 aromatic heterocycles. The van der Waals surface area contributed by atoms with Gasteiger partial charge in [-0.2, -0.15) is 0 Å². The third-order valence-electron chi connectivity index (χ3n) is 1.53. The minimum atomic E-state index is 0. The van der Waals surface area contributed by atoms with E-state index in [0.717, 1.165) is 19.0 Å². The molecule has 0 aromatic carbocycles. The van der Waals surface area contributed by atoms with Gasteiger partial charge in [0.15, 0.2) is 0 Å². The van der Waals surface area contributed by atoms with E-state index in [4.69, 9.17) is 0 Å². The predicted molar refractivity (Wildman–Crippen MR) is 44.7 cm³/mol. The fourth-order valence-electron chi connectivity index (χ4n) is 0.983. The molecule has 0 amide bonds. The SMILES string of the molecule is IC[C@@H]1CCC[N-]C1.[Rb+]. The van der Waals surface area contributed by atoms with E-state index < -0.39 is 0 Å². The number of piperidine rings is 1. The second-order valence-electron chi connectivity index (χ2n) is 2.29. The van der Waals surface area contributed by atoms with Crippen LogP contribution in [0, 0.1) is 5.92 Å². The average molecular weight is 310 g/mol. The molecule has 3 heteroatoms. The van der Waals surface area contributed by atoms with Crippen molar-refractivity contribution in [3.05, 3.63) is 5.32 Å². The molecule has 1 aliphatic heterocycles. The van der Waals surface area contributed by atoms with Gasteiger partial charge in [-0.1, -0.05) is 41.4 Å². The summed E-state index contributed by atoms with van der Waals surface area (Å²) >= 11 is 2.45. The first-order valence-electron chi connectivity index (χ1n) is 3.12. The average Bonchev–Trinajstić information content (AvgIpc) is 1.90. The maximum Gasteiger partial charge on any atom is 1.00 e. The van der Waals surface area contributed by atoms with Crippen LogP contribution in [-0.2, 0) is 0 Å². The summed E-state index contributed by atoms with van der Waals surface area (Å²) in [6.45, 7) is 2.25. The van der Waals surface area contributed by atoms with E-state index in [2.05, 4.69) is 27.9 Å². The van der Waals surface area contributed by atoms with Crippen LogP contribution in [0.4, 0.5) is 0 Å². The van der Waals surface area contributed by atoms with Gasteiger partial charge in [-0.3, -0.25) is 0 Å². The van der Waals surface area contributed by atoms with Gasteiger partial charge in [0, 0.05) is 4.43 Å². The van der Waals surface area contributed by atoms with Gasteiger partial charge in [-0.25, -0.2) is 0 Å². The van der Waals surface area contributed by atoms with Crippen molar-refractivity contribution >= 4 is 22.6 Å². The molecule has 0 unspecified atom stereocenters. The monoisotopic (exact) mass is 309 g/mol. The quantitative estimate of drug-likeness (QED) is 0.445. The van der Waals surface area contributed by atoms with Crippen LogP contribution in [0.25, 0.3) is 5.32 Å². The number of hydrogen-bond donors (Lipinski definition) is 0. The number of hydrogen-bond acceptors (Lipinski definition) is 0. The van der Waals surface area contributed by atoms with Gasteiger partial charge in [0.2, 0.25) is 0 Å². The summed E-state index contributed by atoms with van der Waals surface area (Å²) < 4.78 is 1.29. The van der Waals surface area contributed by atoms with Gasteiger partial charge in [-0.15, -0.1) is 13.1 Å². The first kappa shape index (κ1) is 11.5. The molecule has 1 saturated heterocycles. The Labute approximate surface area is 120 Å². The van der Waals surface area contributed by atoms with E-state index in [0.29, 0.717) is 0 Å². The smallest absolute Gasteiger partial charge is 0.662 e. The van der Waals surface area contributed by atoms with Crippen molar-refractivity contribution in [1.29, 1.82) is 0 Å². The maximum atomic E-state index is 4.32. The van der Waals surface area contributed by atoms with E-state index in [-0.39, 0.29) is 58.2 Å². The minimum Gasteiger partial charge on any atom is -0.662 e. The summed E-state index contributed by atoms with van der Waals surface area (Å²) in [6, 6.07) is 0. The van der Waals surface area contributed by atoms with E-state index in [9.17, 15) is 0 Å². The second-order valence-corrected chi connectivity index (χ2v) is 3.17. The largest absolute Gasteiger partial charge is 1.00 e. The summed E-state index contributed by atoms with van der Waals surface area (Å²) in [4.78, 5) is 0. The summed E-state index contributed by atoms with van der Waals surface area (Å²) in [6.07, 6.45) is 2.74. The fourth-order valence-corrected chi connectivity index (χ4v) is 1.70. The van der Waals surface area contributed by atoms with Gasteiger partial charge in [0.25, 0.3) is 0 Å². The van der Waals surface area contributed by atoms with Gasteiger partial charge in [0.05, 0.1) is 0 Å². The number of halogens is 1. The predicted octanol–water partition coefficient (Wildman–Crippen LogP) is -0.791. The Morgan fingerprint density at radius 1 is 1.56 bits per heavy atom. The Hall–Kier alpha value is 2.50. The fraction of sp³-hybridized carbons (Fsp3) is 1.00. The Balaban J connectivity index is 0.000000640. The van der Waals surface area contributed by atoms with Crippen molar-refractivity contribution in [2.24, 2.45) is 5.92 Å². The van der Waals surface area contributed by atoms with Crippen molar-refractivity contribution in [1.82, 2.24) is 0 Å². The molecule has 1 rings (SSSR count). The van der Waals surface area contributed by atoms with Crippen LogP contribution in [0.2, 0.25) is 0 Å². The zero-order chi connectivity index (χ0) is 5.82. The number of alkyl halides is 1. The van der Waals surface area contributed by atoms with Crippen LogP contribution in [0.15, 0.2) is 0 Å². The van der Waals surface area contributed by atoms with E-state index in [1.54, 1.807) is 0 Å². The molecule has 1 nitrogen and oxygen atoms in total. The molecule has 0 bridgehead atoms. The van der Waals surface area contributed by atoms with Crippen LogP contribution in [0.5, 0.6) is 0 Å². The van der Waals surface area contributed by atoms with Gasteiger partial charge < -0.3 is 5.32 Å². The molecule has 0 aliphatic carbocycles. The minimum absolute atomic E-state index is 0. The standard InChI is InChI=1S/C6H11IN.Rb/c7-4-6-2-1-3-8-5-6;/h6H,1-5H2;/q-1;+1/t6-;/m0./s1. The van der Waals surface area contributed by atoms with Gasteiger partial charge in [-0.05, 0) is 0 Å². The molecular weight excluding hydrogens is 298 g/mol. The van der Waals surface area contributed by atoms with Crippen molar-refractivity contribution in [2.75, 3.05) is 17.5 Å². The summed E-state index contributed by atoms with van der Waals surface area (Å²) in [5.74, 6) is 0.907. The number of nitrogens with zero attached hydrogens (tertiary/aromatic N) is 1. The molecule has 9 heavy (non-hydrogen) atoms. The van der Waals surface area contributed by atoms with Gasteiger partial charge in [0.1, 0.15) is 0 Å². The van der Waals surface area contributed by atoms with Crippen LogP contribution >= 0.6 is 22.6 Å². The summed E-state index contributed by atoms with van der Waals surface area (Å²) in [7, 11) is 0. The first-order chi connectivity index (χ1) is 3.93. The van der Waals surface area contributed by atoms with Crippen molar-refractivity contribution < 1.29 is 58.2 Å². The summed E-state index contributed by atoms with van der Waals surface area (Å²) in [5, 5.41) is 4.32. The Morgan fingerprint density at radius 3 is 2.67 bits per heavy atom. The van der Waals surface area contributed by atoms with Crippen molar-refractivity contribution in [2.45, 2.75) is 12.8 Å². The van der Waals surface area contributed by atoms with Crippen LogP contribution in [0.1, 0.15) is 12.8 Å². The Bertz CT molecular complexity index is 64.1. The van der Waals surface area contributed by atoms with Crippen molar-refractivity contribution in [3.63, 3.8) is 0 Å². The van der Waals surface area contributed by atoms with Crippen LogP contribution < -0.4 is 58.2 Å². The van der Waals surface area contributed by atoms with Crippen molar-refractivity contribution in [3.8, 4) is 0 Å². The molecule has 1 heterocycles. The molecule has 1 aliphatic rings. The van der Waals surface area contributed by atoms with Gasteiger partial charge >= 0.3 is 58.2 Å². The molecule has 48 valence electrons. The zero-order valence-electron chi connectivity index (χ0n) is 5.94. The Kier molecular flexibility index (Phi) is 9.15. The van der Waals surface area contributed by atoms with E-state index >= 15 is 0 Å². The Morgan fingerprint density at radius 2 is 2.33 bits per heavy atom. The molecule has 1 atom stereocenters. The topological polar surface area (TPSA) is 14.1 Å².